The van der Waals surface area contributed by atoms with E-state index in [1.807, 2.05) is 37.3 Å². The first-order chi connectivity index (χ1) is 13.5. The molecule has 1 aromatic carbocycles. The van der Waals surface area contributed by atoms with Crippen molar-refractivity contribution in [2.75, 3.05) is 10.6 Å². The zero-order chi connectivity index (χ0) is 19.9. The number of anilines is 2. The van der Waals surface area contributed by atoms with Gasteiger partial charge in [-0.3, -0.25) is 14.7 Å². The van der Waals surface area contributed by atoms with Crippen molar-refractivity contribution in [3.05, 3.63) is 36.0 Å². The average Bonchev–Trinajstić information content (AvgIpc) is 3.10. The molecule has 0 radical (unpaired) electrons. The Morgan fingerprint density at radius 3 is 2.57 bits per heavy atom. The molecule has 2 aromatic rings. The van der Waals surface area contributed by atoms with Crippen molar-refractivity contribution in [2.45, 2.75) is 62.5 Å². The minimum atomic E-state index is -0.259. The van der Waals surface area contributed by atoms with E-state index in [1.54, 1.807) is 0 Å². The minimum absolute atomic E-state index is 0.0772. The number of benzene rings is 1. The van der Waals surface area contributed by atoms with E-state index in [9.17, 15) is 9.59 Å². The molecule has 1 atom stereocenters. The summed E-state index contributed by atoms with van der Waals surface area (Å²) in [5, 5.41) is 12.7. The van der Waals surface area contributed by atoms with Crippen molar-refractivity contribution in [3.63, 3.8) is 0 Å². The molecule has 150 valence electrons. The first-order valence-electron chi connectivity index (χ1n) is 9.89. The Kier molecular flexibility index (Phi) is 7.14. The van der Waals surface area contributed by atoms with E-state index in [0.717, 1.165) is 28.6 Å². The van der Waals surface area contributed by atoms with Crippen LogP contribution in [0.5, 0.6) is 0 Å². The smallest absolute Gasteiger partial charge is 0.238 e. The lowest BCUT2D eigenvalue weighted by atomic mass is 9.86. The van der Waals surface area contributed by atoms with Gasteiger partial charge in [0, 0.05) is 29.3 Å². The number of aromatic nitrogens is 2. The molecule has 0 spiro atoms. The van der Waals surface area contributed by atoms with E-state index >= 15 is 0 Å². The number of rotatable bonds is 7. The molecule has 3 rings (SSSR count). The molecule has 1 saturated carbocycles. The van der Waals surface area contributed by atoms with Crippen LogP contribution in [0.25, 0.3) is 0 Å². The standard InChI is InChI=1S/C21H28N4O2S/c1-14(28-19-10-8-17(9-11-19)22-15(2)26)21(27)23-20-13-18(24-25-20)12-16-6-4-3-5-7-16/h8-11,13-14,16H,3-7,12H2,1-2H3,(H,22,26)(H2,23,24,25,27). The van der Waals surface area contributed by atoms with Crippen LogP contribution in [0.2, 0.25) is 0 Å². The highest BCUT2D eigenvalue weighted by Crippen LogP contribution is 2.28. The highest BCUT2D eigenvalue weighted by Gasteiger charge is 2.18. The Bertz CT molecular complexity index is 797. The quantitative estimate of drug-likeness (QED) is 0.592. The highest BCUT2D eigenvalue weighted by molar-refractivity contribution is 8.00. The lowest BCUT2D eigenvalue weighted by Crippen LogP contribution is -2.22. The summed E-state index contributed by atoms with van der Waals surface area (Å²) in [6.07, 6.45) is 7.58. The zero-order valence-corrected chi connectivity index (χ0v) is 17.3. The van der Waals surface area contributed by atoms with Crippen LogP contribution >= 0.6 is 11.8 Å². The number of hydrogen-bond acceptors (Lipinski definition) is 4. The Morgan fingerprint density at radius 1 is 1.18 bits per heavy atom. The second kappa shape index (κ2) is 9.78. The van der Waals surface area contributed by atoms with Crippen LogP contribution in [-0.4, -0.2) is 27.3 Å². The SMILES string of the molecule is CC(=O)Nc1ccc(SC(C)C(=O)Nc2cc(CC3CCCCC3)[nH]n2)cc1. The molecule has 0 saturated heterocycles. The molecule has 2 amide bonds. The summed E-state index contributed by atoms with van der Waals surface area (Å²) < 4.78 is 0. The third-order valence-electron chi connectivity index (χ3n) is 4.97. The lowest BCUT2D eigenvalue weighted by Gasteiger charge is -2.20. The van der Waals surface area contributed by atoms with Crippen molar-refractivity contribution < 1.29 is 9.59 Å². The Morgan fingerprint density at radius 2 is 1.89 bits per heavy atom. The van der Waals surface area contributed by atoms with Crippen LogP contribution in [-0.2, 0) is 16.0 Å². The fraction of sp³-hybridized carbons (Fsp3) is 0.476. The van der Waals surface area contributed by atoms with Crippen molar-refractivity contribution in [1.29, 1.82) is 0 Å². The molecule has 0 aliphatic heterocycles. The molecule has 6 nitrogen and oxygen atoms in total. The maximum absolute atomic E-state index is 12.5. The second-order valence-corrected chi connectivity index (χ2v) is 8.86. The molecule has 1 aliphatic rings. The van der Waals surface area contributed by atoms with E-state index in [2.05, 4.69) is 20.8 Å². The van der Waals surface area contributed by atoms with Crippen molar-refractivity contribution >= 4 is 35.1 Å². The van der Waals surface area contributed by atoms with E-state index < -0.39 is 0 Å². The highest BCUT2D eigenvalue weighted by atomic mass is 32.2. The molecule has 1 heterocycles. The molecule has 1 fully saturated rings. The zero-order valence-electron chi connectivity index (χ0n) is 16.5. The monoisotopic (exact) mass is 400 g/mol. The third-order valence-corrected chi connectivity index (χ3v) is 6.08. The van der Waals surface area contributed by atoms with Gasteiger partial charge in [-0.2, -0.15) is 5.10 Å². The summed E-state index contributed by atoms with van der Waals surface area (Å²) >= 11 is 1.47. The number of amides is 2. The molecule has 1 aliphatic carbocycles. The molecular weight excluding hydrogens is 372 g/mol. The summed E-state index contributed by atoms with van der Waals surface area (Å²) in [4.78, 5) is 24.5. The topological polar surface area (TPSA) is 86.9 Å². The number of H-pyrrole nitrogens is 1. The first kappa shape index (κ1) is 20.5. The Balaban J connectivity index is 1.49. The number of nitrogens with zero attached hydrogens (tertiary/aromatic N) is 1. The molecule has 0 bridgehead atoms. The first-order valence-corrected chi connectivity index (χ1v) is 10.8. The summed E-state index contributed by atoms with van der Waals surface area (Å²) in [5.74, 6) is 1.14. The number of nitrogens with one attached hydrogen (secondary N) is 3. The predicted octanol–water partition coefficient (Wildman–Crippen LogP) is 4.61. The minimum Gasteiger partial charge on any atom is -0.326 e. The van der Waals surface area contributed by atoms with E-state index in [4.69, 9.17) is 0 Å². The van der Waals surface area contributed by atoms with Gasteiger partial charge in [-0.05, 0) is 43.5 Å². The van der Waals surface area contributed by atoms with E-state index in [-0.39, 0.29) is 17.1 Å². The largest absolute Gasteiger partial charge is 0.326 e. The maximum Gasteiger partial charge on any atom is 0.238 e. The molecule has 7 heteroatoms. The third kappa shape index (κ3) is 6.12. The lowest BCUT2D eigenvalue weighted by molar-refractivity contribution is -0.115. The van der Waals surface area contributed by atoms with Gasteiger partial charge >= 0.3 is 0 Å². The van der Waals surface area contributed by atoms with Gasteiger partial charge in [0.25, 0.3) is 0 Å². The Labute approximate surface area is 170 Å². The van der Waals surface area contributed by atoms with Gasteiger partial charge in [0.05, 0.1) is 5.25 Å². The van der Waals surface area contributed by atoms with Gasteiger partial charge in [-0.15, -0.1) is 11.8 Å². The second-order valence-electron chi connectivity index (χ2n) is 7.44. The average molecular weight is 401 g/mol. The van der Waals surface area contributed by atoms with Crippen LogP contribution in [0.4, 0.5) is 11.5 Å². The fourth-order valence-corrected chi connectivity index (χ4v) is 4.41. The Hall–Kier alpha value is -2.28. The fourth-order valence-electron chi connectivity index (χ4n) is 3.54. The number of aromatic amines is 1. The van der Waals surface area contributed by atoms with E-state index in [0.29, 0.717) is 5.82 Å². The van der Waals surface area contributed by atoms with Gasteiger partial charge in [0.15, 0.2) is 5.82 Å². The normalized spacial score (nSPS) is 15.8. The molecule has 1 unspecified atom stereocenters. The van der Waals surface area contributed by atoms with Crippen molar-refractivity contribution in [3.8, 4) is 0 Å². The molecule has 3 N–H and O–H groups in total. The van der Waals surface area contributed by atoms with Gasteiger partial charge in [0.1, 0.15) is 0 Å². The molecular formula is C21H28N4O2S. The maximum atomic E-state index is 12.5. The summed E-state index contributed by atoms with van der Waals surface area (Å²) in [6, 6.07) is 9.42. The predicted molar refractivity (Wildman–Crippen MR) is 114 cm³/mol. The molecule has 1 aromatic heterocycles. The number of thioether (sulfide) groups is 1. The van der Waals surface area contributed by atoms with Gasteiger partial charge < -0.3 is 10.6 Å². The van der Waals surface area contributed by atoms with Gasteiger partial charge in [-0.1, -0.05) is 32.1 Å². The van der Waals surface area contributed by atoms with Crippen molar-refractivity contribution in [1.82, 2.24) is 10.2 Å². The van der Waals surface area contributed by atoms with Crippen LogP contribution in [0.3, 0.4) is 0 Å². The van der Waals surface area contributed by atoms with Crippen molar-refractivity contribution in [2.24, 2.45) is 5.92 Å². The summed E-state index contributed by atoms with van der Waals surface area (Å²) in [7, 11) is 0. The number of hydrogen-bond donors (Lipinski definition) is 3. The van der Waals surface area contributed by atoms with Gasteiger partial charge in [0.2, 0.25) is 11.8 Å². The number of carbonyl (C=O) groups excluding carboxylic acids is 2. The van der Waals surface area contributed by atoms with Crippen LogP contribution in [0, 0.1) is 5.92 Å². The molecule has 28 heavy (non-hydrogen) atoms. The van der Waals surface area contributed by atoms with Crippen LogP contribution in [0.15, 0.2) is 35.2 Å². The van der Waals surface area contributed by atoms with E-state index in [1.165, 1.54) is 50.8 Å². The number of carbonyl (C=O) groups is 2. The van der Waals surface area contributed by atoms with Gasteiger partial charge in [-0.25, -0.2) is 0 Å². The van der Waals surface area contributed by atoms with Crippen LogP contribution < -0.4 is 10.6 Å². The summed E-state index contributed by atoms with van der Waals surface area (Å²) in [5.41, 5.74) is 1.84. The summed E-state index contributed by atoms with van der Waals surface area (Å²) in [6.45, 7) is 3.35. The van der Waals surface area contributed by atoms with Crippen LogP contribution in [0.1, 0.15) is 51.6 Å².